The van der Waals surface area contributed by atoms with Gasteiger partial charge in [-0.15, -0.1) is 0 Å². The summed E-state index contributed by atoms with van der Waals surface area (Å²) in [5.74, 6) is -0.113. The Hall–Kier alpha value is -2.37. The van der Waals surface area contributed by atoms with Crippen LogP contribution in [0.3, 0.4) is 0 Å². The number of fused-ring (bicyclic) bond motifs is 2. The number of aryl methyl sites for hydroxylation is 1. The zero-order chi connectivity index (χ0) is 20.2. The van der Waals surface area contributed by atoms with E-state index in [1.165, 1.54) is 10.6 Å². The number of benzene rings is 2. The number of carbonyl (C=O) groups is 2. The van der Waals surface area contributed by atoms with Crippen molar-refractivity contribution in [1.82, 2.24) is 10.0 Å². The zero-order valence-electron chi connectivity index (χ0n) is 16.5. The number of piperazine rings is 1. The number of imide groups is 1. The predicted octanol–water partition coefficient (Wildman–Crippen LogP) is 3.41. The molecule has 0 bridgehead atoms. The van der Waals surface area contributed by atoms with Gasteiger partial charge >= 0.3 is 0 Å². The second kappa shape index (κ2) is 6.85. The van der Waals surface area contributed by atoms with Gasteiger partial charge in [0.05, 0.1) is 5.41 Å². The maximum atomic E-state index is 13.6. The summed E-state index contributed by atoms with van der Waals surface area (Å²) >= 11 is 6.01. The number of halogens is 1. The van der Waals surface area contributed by atoms with E-state index in [0.29, 0.717) is 6.54 Å². The first kappa shape index (κ1) is 18.6. The molecule has 5 rings (SSSR count). The fourth-order valence-electron chi connectivity index (χ4n) is 5.21. The van der Waals surface area contributed by atoms with Crippen molar-refractivity contribution in [2.45, 2.75) is 37.6 Å². The van der Waals surface area contributed by atoms with Crippen molar-refractivity contribution < 1.29 is 9.59 Å². The molecule has 6 heteroatoms. The highest BCUT2D eigenvalue weighted by Gasteiger charge is 2.57. The van der Waals surface area contributed by atoms with E-state index < -0.39 is 5.41 Å². The number of hydrogen-bond donors (Lipinski definition) is 0. The second-order valence-electron chi connectivity index (χ2n) is 8.36. The molecule has 2 saturated heterocycles. The lowest BCUT2D eigenvalue weighted by atomic mass is 9.80. The largest absolute Gasteiger partial charge is 0.369 e. The van der Waals surface area contributed by atoms with Crippen LogP contribution in [-0.4, -0.2) is 47.5 Å². The third-order valence-electron chi connectivity index (χ3n) is 6.69. The Morgan fingerprint density at radius 1 is 1.03 bits per heavy atom. The van der Waals surface area contributed by atoms with E-state index in [1.807, 2.05) is 47.5 Å². The molecule has 2 heterocycles. The van der Waals surface area contributed by atoms with E-state index in [-0.39, 0.29) is 24.3 Å². The first-order valence-corrected chi connectivity index (χ1v) is 10.6. The van der Waals surface area contributed by atoms with Crippen LogP contribution in [0.15, 0.2) is 48.5 Å². The molecule has 1 spiro atoms. The minimum absolute atomic E-state index is 0.0424. The average Bonchev–Trinajstić information content (AvgIpc) is 3.21. The van der Waals surface area contributed by atoms with Crippen molar-refractivity contribution in [3.8, 4) is 0 Å². The molecule has 150 valence electrons. The van der Waals surface area contributed by atoms with Gasteiger partial charge in [-0.25, -0.2) is 10.0 Å². The summed E-state index contributed by atoms with van der Waals surface area (Å²) in [6.07, 6.45) is 1.88. The van der Waals surface area contributed by atoms with E-state index in [9.17, 15) is 9.59 Å². The van der Waals surface area contributed by atoms with Crippen molar-refractivity contribution >= 4 is 29.1 Å². The standard InChI is InChI=1S/C23H24ClN3O2/c1-16-15-25(19-8-6-18(24)7-9-19)12-13-26(16)27-21(28)14-23(22(27)29)11-10-17-4-2-3-5-20(17)23/h2-9,16H,10-15H2,1H3. The number of hydrogen-bond acceptors (Lipinski definition) is 4. The van der Waals surface area contributed by atoms with Crippen LogP contribution in [0.1, 0.15) is 30.9 Å². The van der Waals surface area contributed by atoms with E-state index in [0.717, 1.165) is 42.2 Å². The third-order valence-corrected chi connectivity index (χ3v) is 6.94. The summed E-state index contributed by atoms with van der Waals surface area (Å²) in [4.78, 5) is 28.9. The first-order valence-electron chi connectivity index (χ1n) is 10.2. The summed E-state index contributed by atoms with van der Waals surface area (Å²) in [5, 5.41) is 4.16. The normalized spacial score (nSPS) is 27.2. The number of nitrogens with zero attached hydrogens (tertiary/aromatic N) is 3. The van der Waals surface area contributed by atoms with Gasteiger partial charge in [0.25, 0.3) is 5.91 Å². The lowest BCUT2D eigenvalue weighted by Crippen LogP contribution is -2.60. The Kier molecular flexibility index (Phi) is 4.41. The fraction of sp³-hybridized carbons (Fsp3) is 0.391. The highest BCUT2D eigenvalue weighted by Crippen LogP contribution is 2.47. The molecule has 2 aliphatic heterocycles. The van der Waals surface area contributed by atoms with Crippen LogP contribution in [0, 0.1) is 0 Å². The van der Waals surface area contributed by atoms with Crippen molar-refractivity contribution in [3.63, 3.8) is 0 Å². The van der Waals surface area contributed by atoms with E-state index in [4.69, 9.17) is 11.6 Å². The number of amides is 2. The molecule has 1 aliphatic carbocycles. The summed E-state index contributed by atoms with van der Waals surface area (Å²) in [5.41, 5.74) is 2.70. The topological polar surface area (TPSA) is 43.9 Å². The predicted molar refractivity (Wildman–Crippen MR) is 113 cm³/mol. The van der Waals surface area contributed by atoms with Crippen LogP contribution in [-0.2, 0) is 21.4 Å². The summed E-state index contributed by atoms with van der Waals surface area (Å²) < 4.78 is 0. The van der Waals surface area contributed by atoms with Crippen LogP contribution in [0.5, 0.6) is 0 Å². The Labute approximate surface area is 175 Å². The molecule has 0 saturated carbocycles. The molecule has 2 fully saturated rings. The molecule has 0 N–H and O–H groups in total. The van der Waals surface area contributed by atoms with Gasteiger partial charge in [-0.1, -0.05) is 35.9 Å². The number of carbonyl (C=O) groups excluding carboxylic acids is 2. The van der Waals surface area contributed by atoms with Crippen LogP contribution in [0.4, 0.5) is 5.69 Å². The molecule has 2 aromatic carbocycles. The Morgan fingerprint density at radius 3 is 2.55 bits per heavy atom. The Morgan fingerprint density at radius 2 is 1.79 bits per heavy atom. The van der Waals surface area contributed by atoms with E-state index in [2.05, 4.69) is 17.9 Å². The molecule has 0 aromatic heterocycles. The van der Waals surface area contributed by atoms with E-state index >= 15 is 0 Å². The average molecular weight is 410 g/mol. The lowest BCUT2D eigenvalue weighted by molar-refractivity contribution is -0.163. The van der Waals surface area contributed by atoms with Crippen LogP contribution in [0.25, 0.3) is 0 Å². The van der Waals surface area contributed by atoms with Gasteiger partial charge in [0, 0.05) is 42.8 Å². The van der Waals surface area contributed by atoms with Crippen LogP contribution in [0.2, 0.25) is 5.02 Å². The van der Waals surface area contributed by atoms with Gasteiger partial charge < -0.3 is 4.90 Å². The Balaban J connectivity index is 1.37. The molecule has 29 heavy (non-hydrogen) atoms. The molecule has 2 aromatic rings. The van der Waals surface area contributed by atoms with Gasteiger partial charge in [-0.3, -0.25) is 9.59 Å². The molecule has 3 aliphatic rings. The molecule has 5 nitrogen and oxygen atoms in total. The van der Waals surface area contributed by atoms with Crippen molar-refractivity contribution in [2.24, 2.45) is 0 Å². The van der Waals surface area contributed by atoms with Gasteiger partial charge in [-0.2, -0.15) is 0 Å². The molecule has 2 unspecified atom stereocenters. The van der Waals surface area contributed by atoms with Gasteiger partial charge in [-0.05, 0) is 55.2 Å². The van der Waals surface area contributed by atoms with E-state index in [1.54, 1.807) is 0 Å². The molecular formula is C23H24ClN3O2. The number of anilines is 1. The minimum Gasteiger partial charge on any atom is -0.369 e. The maximum absolute atomic E-state index is 13.6. The third kappa shape index (κ3) is 2.87. The Bertz CT molecular complexity index is 976. The van der Waals surface area contributed by atoms with Gasteiger partial charge in [0.2, 0.25) is 5.91 Å². The van der Waals surface area contributed by atoms with Crippen molar-refractivity contribution in [1.29, 1.82) is 0 Å². The number of rotatable bonds is 2. The molecule has 0 radical (unpaired) electrons. The van der Waals surface area contributed by atoms with Crippen LogP contribution < -0.4 is 4.90 Å². The fourth-order valence-corrected chi connectivity index (χ4v) is 5.34. The molecule has 2 amide bonds. The number of hydrazine groups is 1. The van der Waals surface area contributed by atoms with Crippen LogP contribution >= 0.6 is 11.6 Å². The highest BCUT2D eigenvalue weighted by molar-refractivity contribution is 6.30. The highest BCUT2D eigenvalue weighted by atomic mass is 35.5. The summed E-state index contributed by atoms with van der Waals surface area (Å²) in [6, 6.07) is 16.0. The first-order chi connectivity index (χ1) is 14.0. The van der Waals surface area contributed by atoms with Gasteiger partial charge in [0.1, 0.15) is 0 Å². The smallest absolute Gasteiger partial charge is 0.255 e. The summed E-state index contributed by atoms with van der Waals surface area (Å²) in [7, 11) is 0. The zero-order valence-corrected chi connectivity index (χ0v) is 17.2. The molecule has 2 atom stereocenters. The monoisotopic (exact) mass is 409 g/mol. The van der Waals surface area contributed by atoms with Crippen molar-refractivity contribution in [3.05, 3.63) is 64.7 Å². The maximum Gasteiger partial charge on any atom is 0.255 e. The quantitative estimate of drug-likeness (QED) is 0.713. The molecular weight excluding hydrogens is 386 g/mol. The lowest BCUT2D eigenvalue weighted by Gasteiger charge is -2.44. The minimum atomic E-state index is -0.666. The van der Waals surface area contributed by atoms with Crippen molar-refractivity contribution in [2.75, 3.05) is 24.5 Å². The second-order valence-corrected chi connectivity index (χ2v) is 8.80. The van der Waals surface area contributed by atoms with Gasteiger partial charge in [0.15, 0.2) is 0 Å². The SMILES string of the molecule is CC1CN(c2ccc(Cl)cc2)CCN1N1C(=O)CC2(CCc3ccccc32)C1=O. The summed E-state index contributed by atoms with van der Waals surface area (Å²) in [6.45, 7) is 4.23.